The summed E-state index contributed by atoms with van der Waals surface area (Å²) in [4.78, 5) is 21.8. The molecule has 38 heavy (non-hydrogen) atoms. The van der Waals surface area contributed by atoms with Gasteiger partial charge in [0.1, 0.15) is 5.69 Å². The molecule has 1 aliphatic heterocycles. The molecule has 7 nitrogen and oxygen atoms in total. The van der Waals surface area contributed by atoms with Crippen LogP contribution in [0.5, 0.6) is 0 Å². The van der Waals surface area contributed by atoms with E-state index in [-0.39, 0.29) is 6.04 Å². The molecule has 5 rings (SSSR count). The van der Waals surface area contributed by atoms with Crippen LogP contribution in [0.25, 0.3) is 11.3 Å². The van der Waals surface area contributed by atoms with Crippen LogP contribution < -0.4 is 16.0 Å². The van der Waals surface area contributed by atoms with Crippen molar-refractivity contribution in [2.24, 2.45) is 17.6 Å². The lowest BCUT2D eigenvalue weighted by Crippen LogP contribution is -2.39. The number of alkyl halides is 3. The molecule has 0 unspecified atom stereocenters. The lowest BCUT2D eigenvalue weighted by Gasteiger charge is -2.39. The molecule has 0 spiro atoms. The fraction of sp³-hybridized carbons (Fsp3) is 0.464. The second kappa shape index (κ2) is 11.0. The molecule has 0 radical (unpaired) electrons. The van der Waals surface area contributed by atoms with Crippen LogP contribution in [-0.2, 0) is 6.18 Å². The maximum absolute atomic E-state index is 12.9. The molecule has 0 bridgehead atoms. The van der Waals surface area contributed by atoms with Crippen molar-refractivity contribution in [2.45, 2.75) is 57.2 Å². The van der Waals surface area contributed by atoms with Gasteiger partial charge in [0, 0.05) is 30.3 Å². The Bertz CT molecular complexity index is 1240. The van der Waals surface area contributed by atoms with Gasteiger partial charge in [0.25, 0.3) is 6.01 Å². The van der Waals surface area contributed by atoms with Crippen LogP contribution in [0.1, 0.15) is 61.0 Å². The molecule has 2 aliphatic rings. The fourth-order valence-electron chi connectivity index (χ4n) is 5.80. The van der Waals surface area contributed by atoms with E-state index >= 15 is 0 Å². The molecule has 3 aromatic rings. The monoisotopic (exact) mass is 527 g/mol. The maximum Gasteiger partial charge on any atom is 0.433 e. The number of oxazole rings is 1. The van der Waals surface area contributed by atoms with E-state index in [1.807, 2.05) is 6.07 Å². The topological polar surface area (TPSA) is 97.3 Å². The van der Waals surface area contributed by atoms with Crippen LogP contribution in [0.4, 0.5) is 24.9 Å². The van der Waals surface area contributed by atoms with E-state index in [1.165, 1.54) is 18.7 Å². The molecule has 202 valence electrons. The minimum atomic E-state index is -4.43. The third-order valence-corrected chi connectivity index (χ3v) is 7.71. The van der Waals surface area contributed by atoms with Gasteiger partial charge in [-0.1, -0.05) is 25.0 Å². The van der Waals surface area contributed by atoms with E-state index in [0.29, 0.717) is 29.2 Å². The summed E-state index contributed by atoms with van der Waals surface area (Å²) in [6, 6.07) is 10.2. The fourth-order valence-corrected chi connectivity index (χ4v) is 5.80. The Morgan fingerprint density at radius 3 is 2.68 bits per heavy atom. The van der Waals surface area contributed by atoms with Crippen molar-refractivity contribution in [1.29, 1.82) is 0 Å². The molecule has 2 fully saturated rings. The average Bonchev–Trinajstić information content (AvgIpc) is 3.38. The number of halogens is 3. The zero-order chi connectivity index (χ0) is 26.7. The van der Waals surface area contributed by atoms with Gasteiger partial charge in [-0.3, -0.25) is 4.79 Å². The van der Waals surface area contributed by atoms with Gasteiger partial charge >= 0.3 is 6.18 Å². The largest absolute Gasteiger partial charge is 0.433 e. The number of carbonyl (C=O) groups is 1. The lowest BCUT2D eigenvalue weighted by molar-refractivity contribution is -0.141. The van der Waals surface area contributed by atoms with E-state index in [4.69, 9.17) is 10.2 Å². The second-order valence-corrected chi connectivity index (χ2v) is 10.4. The zero-order valence-electron chi connectivity index (χ0n) is 21.1. The minimum Gasteiger partial charge on any atom is -0.424 e. The zero-order valence-corrected chi connectivity index (χ0v) is 21.1. The summed E-state index contributed by atoms with van der Waals surface area (Å²) in [5.74, 6) is 0.977. The number of carbonyl (C=O) groups excluding carboxylic acids is 1. The van der Waals surface area contributed by atoms with Crippen LogP contribution in [0.15, 0.2) is 53.2 Å². The highest BCUT2D eigenvalue weighted by molar-refractivity contribution is 5.93. The molecular weight excluding hydrogens is 495 g/mol. The Labute approximate surface area is 219 Å². The SMILES string of the molecule is NC(=O)c1cccc(-c2cnc(N[C@@H]3CCCC[C@H]3C[C@H]3CCCN(c4ccc(C(F)(F)F)nc4)C3)o2)c1. The van der Waals surface area contributed by atoms with Crippen LogP contribution >= 0.6 is 0 Å². The first-order chi connectivity index (χ1) is 18.3. The number of nitrogens with two attached hydrogens (primary N) is 1. The summed E-state index contributed by atoms with van der Waals surface area (Å²) >= 11 is 0. The number of anilines is 2. The van der Waals surface area contributed by atoms with E-state index in [1.54, 1.807) is 24.4 Å². The third-order valence-electron chi connectivity index (χ3n) is 7.71. The predicted molar refractivity (Wildman–Crippen MR) is 139 cm³/mol. The molecule has 1 amide bonds. The highest BCUT2D eigenvalue weighted by Gasteiger charge is 2.33. The van der Waals surface area contributed by atoms with E-state index in [0.717, 1.165) is 68.9 Å². The molecule has 3 N–H and O–H groups in total. The van der Waals surface area contributed by atoms with Gasteiger partial charge in [0.15, 0.2) is 5.76 Å². The standard InChI is InChI=1S/C28H32F3N5O2/c29-28(30,31)25-11-10-22(15-33-25)36-12-4-5-18(17-36)13-19-6-1-2-9-23(19)35-27-34-16-24(38-27)20-7-3-8-21(14-20)26(32)37/h3,7-8,10-11,14-16,18-19,23H,1-2,4-6,9,12-13,17H2,(H2,32,37)(H,34,35)/t18-,19+,23-/m1/s1. The number of amides is 1. The number of benzene rings is 1. The lowest BCUT2D eigenvalue weighted by atomic mass is 9.77. The first-order valence-electron chi connectivity index (χ1n) is 13.2. The number of nitrogens with zero attached hydrogens (tertiary/aromatic N) is 3. The van der Waals surface area contributed by atoms with Crippen LogP contribution in [0, 0.1) is 11.8 Å². The Morgan fingerprint density at radius 1 is 1.08 bits per heavy atom. The van der Waals surface area contributed by atoms with Gasteiger partial charge in [-0.05, 0) is 68.2 Å². The maximum atomic E-state index is 12.9. The Morgan fingerprint density at radius 2 is 1.92 bits per heavy atom. The van der Waals surface area contributed by atoms with Gasteiger partial charge in [-0.2, -0.15) is 13.2 Å². The molecule has 10 heteroatoms. The first-order valence-corrected chi connectivity index (χ1v) is 13.2. The van der Waals surface area contributed by atoms with Crippen molar-refractivity contribution in [2.75, 3.05) is 23.3 Å². The number of pyridine rings is 1. The molecule has 3 heterocycles. The van der Waals surface area contributed by atoms with Gasteiger partial charge in [-0.25, -0.2) is 9.97 Å². The normalized spacial score (nSPS) is 22.3. The van der Waals surface area contributed by atoms with Crippen molar-refractivity contribution in [3.8, 4) is 11.3 Å². The van der Waals surface area contributed by atoms with Crippen LogP contribution in [-0.4, -0.2) is 35.0 Å². The van der Waals surface area contributed by atoms with Gasteiger partial charge in [0.2, 0.25) is 5.91 Å². The van der Waals surface area contributed by atoms with E-state index in [9.17, 15) is 18.0 Å². The smallest absolute Gasteiger partial charge is 0.424 e. The molecule has 1 saturated heterocycles. The highest BCUT2D eigenvalue weighted by atomic mass is 19.4. The van der Waals surface area contributed by atoms with Crippen molar-refractivity contribution in [3.05, 3.63) is 60.0 Å². The molecular formula is C28H32F3N5O2. The number of hydrogen-bond donors (Lipinski definition) is 2. The van der Waals surface area contributed by atoms with Crippen molar-refractivity contribution in [1.82, 2.24) is 9.97 Å². The van der Waals surface area contributed by atoms with Gasteiger partial charge in [-0.15, -0.1) is 0 Å². The third kappa shape index (κ3) is 6.11. The van der Waals surface area contributed by atoms with E-state index < -0.39 is 17.8 Å². The van der Waals surface area contributed by atoms with Gasteiger partial charge in [0.05, 0.1) is 18.1 Å². The first kappa shape index (κ1) is 26.1. The Kier molecular flexibility index (Phi) is 7.58. The molecule has 1 aromatic carbocycles. The number of piperidine rings is 1. The summed E-state index contributed by atoms with van der Waals surface area (Å²) in [5, 5.41) is 3.51. The summed E-state index contributed by atoms with van der Waals surface area (Å²) in [6.45, 7) is 1.64. The average molecular weight is 528 g/mol. The van der Waals surface area contributed by atoms with Crippen molar-refractivity contribution in [3.63, 3.8) is 0 Å². The quantitative estimate of drug-likeness (QED) is 0.384. The van der Waals surface area contributed by atoms with Gasteiger partial charge < -0.3 is 20.4 Å². The molecule has 1 aliphatic carbocycles. The summed E-state index contributed by atoms with van der Waals surface area (Å²) in [6.07, 6.45) is 6.17. The second-order valence-electron chi connectivity index (χ2n) is 10.4. The molecule has 2 aromatic heterocycles. The minimum absolute atomic E-state index is 0.232. The van der Waals surface area contributed by atoms with Crippen molar-refractivity contribution < 1.29 is 22.4 Å². The van der Waals surface area contributed by atoms with E-state index in [2.05, 4.69) is 20.2 Å². The number of hydrogen-bond acceptors (Lipinski definition) is 6. The summed E-state index contributed by atoms with van der Waals surface area (Å²) in [7, 11) is 0. The van der Waals surface area contributed by atoms with Crippen molar-refractivity contribution >= 4 is 17.6 Å². The molecule has 1 saturated carbocycles. The predicted octanol–water partition coefficient (Wildman–Crippen LogP) is 6.13. The Balaban J connectivity index is 1.22. The van der Waals surface area contributed by atoms with Crippen LogP contribution in [0.3, 0.4) is 0 Å². The number of aromatic nitrogens is 2. The summed E-state index contributed by atoms with van der Waals surface area (Å²) in [5.41, 5.74) is 6.43. The highest BCUT2D eigenvalue weighted by Crippen LogP contribution is 2.36. The summed E-state index contributed by atoms with van der Waals surface area (Å²) < 4.78 is 44.7. The number of primary amides is 1. The number of nitrogens with one attached hydrogen (secondary N) is 1. The Hall–Kier alpha value is -3.56. The molecule has 3 atom stereocenters. The van der Waals surface area contributed by atoms with Crippen LogP contribution in [0.2, 0.25) is 0 Å². The number of rotatable bonds is 7.